The van der Waals surface area contributed by atoms with Crippen molar-refractivity contribution in [3.63, 3.8) is 0 Å². The SMILES string of the molecule is CNC(c1cc(Cl)c(OC)cc1C)C(F)(F)F. The Morgan fingerprint density at radius 3 is 2.35 bits per heavy atom. The summed E-state index contributed by atoms with van der Waals surface area (Å²) in [4.78, 5) is 0. The minimum atomic E-state index is -4.36. The zero-order chi connectivity index (χ0) is 13.2. The summed E-state index contributed by atoms with van der Waals surface area (Å²) in [5, 5.41) is 2.40. The van der Waals surface area contributed by atoms with E-state index in [0.717, 1.165) is 0 Å². The summed E-state index contributed by atoms with van der Waals surface area (Å²) in [5.74, 6) is 0.366. The van der Waals surface area contributed by atoms with Crippen LogP contribution in [0.2, 0.25) is 5.02 Å². The summed E-state index contributed by atoms with van der Waals surface area (Å²) in [6.45, 7) is 1.59. The van der Waals surface area contributed by atoms with Gasteiger partial charge in [-0.2, -0.15) is 13.2 Å². The number of hydrogen-bond acceptors (Lipinski definition) is 2. The number of halogens is 4. The molecule has 0 bridgehead atoms. The molecule has 0 fully saturated rings. The molecular weight excluding hydrogens is 255 g/mol. The zero-order valence-electron chi connectivity index (χ0n) is 9.65. The number of alkyl halides is 3. The Morgan fingerprint density at radius 2 is 1.94 bits per heavy atom. The van der Waals surface area contributed by atoms with Crippen LogP contribution in [-0.2, 0) is 0 Å². The summed E-state index contributed by atoms with van der Waals surface area (Å²) in [6, 6.07) is 1.05. The van der Waals surface area contributed by atoms with E-state index in [9.17, 15) is 13.2 Å². The van der Waals surface area contributed by atoms with Crippen molar-refractivity contribution < 1.29 is 17.9 Å². The highest BCUT2D eigenvalue weighted by molar-refractivity contribution is 6.32. The minimum absolute atomic E-state index is 0.103. The van der Waals surface area contributed by atoms with Gasteiger partial charge in [0, 0.05) is 0 Å². The van der Waals surface area contributed by atoms with Crippen LogP contribution < -0.4 is 10.1 Å². The van der Waals surface area contributed by atoms with Crippen LogP contribution in [-0.4, -0.2) is 20.3 Å². The van der Waals surface area contributed by atoms with Gasteiger partial charge in [0.15, 0.2) is 0 Å². The van der Waals surface area contributed by atoms with Crippen LogP contribution in [0, 0.1) is 6.92 Å². The van der Waals surface area contributed by atoms with Gasteiger partial charge in [0.2, 0.25) is 0 Å². The fourth-order valence-corrected chi connectivity index (χ4v) is 1.88. The number of rotatable bonds is 3. The highest BCUT2D eigenvalue weighted by atomic mass is 35.5. The molecule has 0 radical (unpaired) electrons. The van der Waals surface area contributed by atoms with Gasteiger partial charge in [0.1, 0.15) is 11.8 Å². The van der Waals surface area contributed by atoms with Crippen molar-refractivity contribution in [2.45, 2.75) is 19.1 Å². The van der Waals surface area contributed by atoms with Gasteiger partial charge in [0.25, 0.3) is 0 Å². The molecule has 1 aromatic carbocycles. The van der Waals surface area contributed by atoms with Gasteiger partial charge in [-0.25, -0.2) is 0 Å². The lowest BCUT2D eigenvalue weighted by Crippen LogP contribution is -2.32. The van der Waals surface area contributed by atoms with E-state index >= 15 is 0 Å². The molecule has 1 unspecified atom stereocenters. The molecule has 0 aliphatic heterocycles. The number of nitrogens with one attached hydrogen (secondary N) is 1. The fraction of sp³-hybridized carbons (Fsp3) is 0.455. The zero-order valence-corrected chi connectivity index (χ0v) is 10.4. The first-order valence-electron chi connectivity index (χ1n) is 4.89. The topological polar surface area (TPSA) is 21.3 Å². The Labute approximate surface area is 103 Å². The fourth-order valence-electron chi connectivity index (χ4n) is 1.63. The molecule has 1 atom stereocenters. The second-order valence-corrected chi connectivity index (χ2v) is 4.01. The highest BCUT2D eigenvalue weighted by Gasteiger charge is 2.40. The van der Waals surface area contributed by atoms with Crippen molar-refractivity contribution >= 4 is 11.6 Å². The van der Waals surface area contributed by atoms with Crippen LogP contribution in [0.5, 0.6) is 5.75 Å². The summed E-state index contributed by atoms with van der Waals surface area (Å²) >= 11 is 5.83. The first-order chi connectivity index (χ1) is 7.81. The minimum Gasteiger partial charge on any atom is -0.495 e. The third kappa shape index (κ3) is 3.04. The van der Waals surface area contributed by atoms with Gasteiger partial charge in [-0.05, 0) is 37.2 Å². The van der Waals surface area contributed by atoms with E-state index in [1.807, 2.05) is 0 Å². The first-order valence-corrected chi connectivity index (χ1v) is 5.27. The third-order valence-electron chi connectivity index (χ3n) is 2.47. The molecule has 0 saturated carbocycles. The van der Waals surface area contributed by atoms with Crippen molar-refractivity contribution in [3.05, 3.63) is 28.3 Å². The third-order valence-corrected chi connectivity index (χ3v) is 2.76. The van der Waals surface area contributed by atoms with Gasteiger partial charge in [-0.3, -0.25) is 0 Å². The molecule has 96 valence electrons. The standard InChI is InChI=1S/C11H13ClF3NO/c1-6-4-9(17-3)8(12)5-7(6)10(16-2)11(13,14)15/h4-5,10,16H,1-3H3. The Morgan fingerprint density at radius 1 is 1.35 bits per heavy atom. The van der Waals surface area contributed by atoms with E-state index < -0.39 is 12.2 Å². The lowest BCUT2D eigenvalue weighted by Gasteiger charge is -2.22. The number of benzene rings is 1. The molecule has 1 rings (SSSR count). The maximum atomic E-state index is 12.8. The first kappa shape index (κ1) is 14.1. The molecule has 0 amide bonds. The van der Waals surface area contributed by atoms with Gasteiger partial charge in [-0.1, -0.05) is 11.6 Å². The molecule has 1 N–H and O–H groups in total. The van der Waals surface area contributed by atoms with Crippen molar-refractivity contribution in [1.82, 2.24) is 5.32 Å². The largest absolute Gasteiger partial charge is 0.495 e. The second kappa shape index (κ2) is 5.14. The van der Waals surface area contributed by atoms with Crippen LogP contribution in [0.25, 0.3) is 0 Å². The van der Waals surface area contributed by atoms with E-state index in [0.29, 0.717) is 11.3 Å². The Balaban J connectivity index is 3.26. The quantitative estimate of drug-likeness (QED) is 0.905. The maximum Gasteiger partial charge on any atom is 0.407 e. The molecule has 0 saturated heterocycles. The normalized spacial score (nSPS) is 13.6. The van der Waals surface area contributed by atoms with Crippen LogP contribution in [0.15, 0.2) is 12.1 Å². The smallest absolute Gasteiger partial charge is 0.407 e. The lowest BCUT2D eigenvalue weighted by molar-refractivity contribution is -0.156. The highest BCUT2D eigenvalue weighted by Crippen LogP contribution is 2.37. The average Bonchev–Trinajstić information content (AvgIpc) is 2.21. The molecule has 0 spiro atoms. The second-order valence-electron chi connectivity index (χ2n) is 3.61. The number of hydrogen-bond donors (Lipinski definition) is 1. The van der Waals surface area contributed by atoms with E-state index in [2.05, 4.69) is 5.32 Å². The molecule has 2 nitrogen and oxygen atoms in total. The van der Waals surface area contributed by atoms with Crippen LogP contribution in [0.4, 0.5) is 13.2 Å². The van der Waals surface area contributed by atoms with Crippen molar-refractivity contribution in [2.75, 3.05) is 14.2 Å². The van der Waals surface area contributed by atoms with Crippen molar-refractivity contribution in [1.29, 1.82) is 0 Å². The molecule has 1 aromatic rings. The molecule has 17 heavy (non-hydrogen) atoms. The number of aryl methyl sites for hydroxylation is 1. The van der Waals surface area contributed by atoms with E-state index in [1.54, 1.807) is 6.92 Å². The van der Waals surface area contributed by atoms with Crippen molar-refractivity contribution in [3.8, 4) is 5.75 Å². The Kier molecular flexibility index (Phi) is 4.27. The predicted octanol–water partition coefficient (Wildman–Crippen LogP) is 3.48. The van der Waals surface area contributed by atoms with Gasteiger partial charge in [0.05, 0.1) is 12.1 Å². The van der Waals surface area contributed by atoms with Gasteiger partial charge in [-0.15, -0.1) is 0 Å². The predicted molar refractivity (Wildman–Crippen MR) is 60.6 cm³/mol. The summed E-state index contributed by atoms with van der Waals surface area (Å²) in [5.41, 5.74) is 0.578. The average molecular weight is 268 g/mol. The summed E-state index contributed by atoms with van der Waals surface area (Å²) in [6.07, 6.45) is -4.36. The molecule has 0 aromatic heterocycles. The molecule has 0 aliphatic carbocycles. The van der Waals surface area contributed by atoms with Gasteiger partial charge >= 0.3 is 6.18 Å². The summed E-state index contributed by atoms with van der Waals surface area (Å²) < 4.78 is 43.2. The molecule has 0 heterocycles. The van der Waals surface area contributed by atoms with E-state index in [-0.39, 0.29) is 10.6 Å². The molecular formula is C11H13ClF3NO. The Bertz CT molecular complexity index is 406. The maximum absolute atomic E-state index is 12.8. The number of ether oxygens (including phenoxy) is 1. The van der Waals surface area contributed by atoms with E-state index in [1.165, 1.54) is 26.3 Å². The molecule has 0 aliphatic rings. The lowest BCUT2D eigenvalue weighted by atomic mass is 10.0. The monoisotopic (exact) mass is 267 g/mol. The summed E-state index contributed by atoms with van der Waals surface area (Å²) in [7, 11) is 2.68. The van der Waals surface area contributed by atoms with Gasteiger partial charge < -0.3 is 10.1 Å². The van der Waals surface area contributed by atoms with E-state index in [4.69, 9.17) is 16.3 Å². The van der Waals surface area contributed by atoms with Crippen molar-refractivity contribution in [2.24, 2.45) is 0 Å². The molecule has 6 heteroatoms. The van der Waals surface area contributed by atoms with Crippen LogP contribution in [0.3, 0.4) is 0 Å². The van der Waals surface area contributed by atoms with Crippen LogP contribution in [0.1, 0.15) is 17.2 Å². The Hall–Kier alpha value is -0.940. The van der Waals surface area contributed by atoms with Crippen LogP contribution >= 0.6 is 11.6 Å². The number of methoxy groups -OCH3 is 1.